The van der Waals surface area contributed by atoms with E-state index in [1.165, 1.54) is 31.3 Å². The summed E-state index contributed by atoms with van der Waals surface area (Å²) >= 11 is 0. The molecule has 21 heavy (non-hydrogen) atoms. The van der Waals surface area contributed by atoms with Crippen molar-refractivity contribution >= 4 is 5.97 Å². The number of allylic oxidation sites excluding steroid dienone is 2. The second-order valence-corrected chi connectivity index (χ2v) is 7.15. The Balaban J connectivity index is 1.77. The zero-order valence-corrected chi connectivity index (χ0v) is 13.9. The van der Waals surface area contributed by atoms with Crippen LogP contribution in [0, 0.1) is 17.3 Å². The number of hydrogen-bond acceptors (Lipinski definition) is 2. The number of carbonyl (C=O) groups excluding carboxylic acids is 1. The van der Waals surface area contributed by atoms with Gasteiger partial charge in [0.05, 0.1) is 0 Å². The summed E-state index contributed by atoms with van der Waals surface area (Å²) in [6, 6.07) is 0. The quantitative estimate of drug-likeness (QED) is 0.484. The van der Waals surface area contributed by atoms with E-state index >= 15 is 0 Å². The van der Waals surface area contributed by atoms with Crippen LogP contribution in [-0.2, 0) is 9.53 Å². The van der Waals surface area contributed by atoms with E-state index in [4.69, 9.17) is 4.74 Å². The Kier molecular flexibility index (Phi) is 5.29. The van der Waals surface area contributed by atoms with E-state index in [1.807, 2.05) is 6.92 Å². The van der Waals surface area contributed by atoms with Gasteiger partial charge < -0.3 is 4.74 Å². The van der Waals surface area contributed by atoms with Gasteiger partial charge in [-0.3, -0.25) is 4.79 Å². The van der Waals surface area contributed by atoms with Gasteiger partial charge in [-0.15, -0.1) is 0 Å². The van der Waals surface area contributed by atoms with E-state index in [2.05, 4.69) is 26.5 Å². The van der Waals surface area contributed by atoms with Crippen LogP contribution in [0.4, 0.5) is 0 Å². The molecule has 0 radical (unpaired) electrons. The van der Waals surface area contributed by atoms with Crippen LogP contribution in [0.3, 0.4) is 0 Å². The normalized spacial score (nSPS) is 31.8. The highest BCUT2D eigenvalue weighted by atomic mass is 16.5. The van der Waals surface area contributed by atoms with Gasteiger partial charge in [-0.25, -0.2) is 0 Å². The van der Waals surface area contributed by atoms with Crippen molar-refractivity contribution in [3.8, 4) is 0 Å². The molecule has 3 unspecified atom stereocenters. The molecule has 118 valence electrons. The maximum Gasteiger partial charge on any atom is 0.306 e. The SMILES string of the molecule is C=C1C2CCC(C2)C1(C)CCC=C(C)COC(=O)CCC. The third-order valence-electron chi connectivity index (χ3n) is 5.63. The first-order chi connectivity index (χ1) is 9.97. The average Bonchev–Trinajstić information content (AvgIpc) is 3.01. The molecule has 2 aliphatic rings. The lowest BCUT2D eigenvalue weighted by molar-refractivity contribution is -0.142. The molecule has 0 spiro atoms. The third kappa shape index (κ3) is 3.59. The van der Waals surface area contributed by atoms with Gasteiger partial charge in [-0.2, -0.15) is 0 Å². The Morgan fingerprint density at radius 3 is 2.86 bits per heavy atom. The number of carbonyl (C=O) groups is 1. The van der Waals surface area contributed by atoms with Crippen molar-refractivity contribution in [1.29, 1.82) is 0 Å². The molecule has 0 aliphatic heterocycles. The van der Waals surface area contributed by atoms with Gasteiger partial charge in [-0.05, 0) is 68.3 Å². The van der Waals surface area contributed by atoms with Crippen molar-refractivity contribution in [1.82, 2.24) is 0 Å². The Hall–Kier alpha value is -1.05. The molecule has 2 saturated carbocycles. The highest BCUT2D eigenvalue weighted by Gasteiger charge is 2.49. The van der Waals surface area contributed by atoms with Crippen molar-refractivity contribution < 1.29 is 9.53 Å². The second kappa shape index (κ2) is 6.81. The van der Waals surface area contributed by atoms with Crippen molar-refractivity contribution in [2.24, 2.45) is 17.3 Å². The molecule has 2 fully saturated rings. The summed E-state index contributed by atoms with van der Waals surface area (Å²) in [6.45, 7) is 11.3. The van der Waals surface area contributed by atoms with Gasteiger partial charge in [0, 0.05) is 6.42 Å². The largest absolute Gasteiger partial charge is 0.461 e. The van der Waals surface area contributed by atoms with Gasteiger partial charge in [0.25, 0.3) is 0 Å². The average molecular weight is 290 g/mol. The molecular formula is C19H30O2. The predicted molar refractivity (Wildman–Crippen MR) is 86.9 cm³/mol. The number of rotatable bonds is 7. The van der Waals surface area contributed by atoms with Gasteiger partial charge in [0.1, 0.15) is 6.61 Å². The van der Waals surface area contributed by atoms with Crippen molar-refractivity contribution in [3.05, 3.63) is 23.8 Å². The van der Waals surface area contributed by atoms with Crippen LogP contribution < -0.4 is 0 Å². The molecule has 0 amide bonds. The van der Waals surface area contributed by atoms with Gasteiger partial charge in [0.2, 0.25) is 0 Å². The fraction of sp³-hybridized carbons (Fsp3) is 0.737. The summed E-state index contributed by atoms with van der Waals surface area (Å²) < 4.78 is 5.24. The van der Waals surface area contributed by atoms with E-state index < -0.39 is 0 Å². The first-order valence-electron chi connectivity index (χ1n) is 8.48. The molecule has 2 rings (SSSR count). The summed E-state index contributed by atoms with van der Waals surface area (Å²) in [5.74, 6) is 1.56. The minimum Gasteiger partial charge on any atom is -0.461 e. The van der Waals surface area contributed by atoms with E-state index in [-0.39, 0.29) is 5.97 Å². The van der Waals surface area contributed by atoms with Gasteiger partial charge in [-0.1, -0.05) is 32.1 Å². The van der Waals surface area contributed by atoms with Crippen LogP contribution in [0.5, 0.6) is 0 Å². The number of fused-ring (bicyclic) bond motifs is 2. The summed E-state index contributed by atoms with van der Waals surface area (Å²) in [4.78, 5) is 11.4. The maximum absolute atomic E-state index is 11.4. The van der Waals surface area contributed by atoms with Crippen LogP contribution in [0.25, 0.3) is 0 Å². The number of hydrogen-bond donors (Lipinski definition) is 0. The van der Waals surface area contributed by atoms with Crippen molar-refractivity contribution in [2.45, 2.75) is 65.7 Å². The molecule has 0 aromatic carbocycles. The minimum absolute atomic E-state index is 0.0845. The fourth-order valence-corrected chi connectivity index (χ4v) is 4.12. The molecule has 0 aromatic rings. The van der Waals surface area contributed by atoms with Crippen LogP contribution in [0.1, 0.15) is 65.7 Å². The van der Waals surface area contributed by atoms with Gasteiger partial charge >= 0.3 is 5.97 Å². The monoisotopic (exact) mass is 290 g/mol. The Labute approximate surface area is 129 Å². The molecule has 2 bridgehead atoms. The minimum atomic E-state index is -0.0845. The Morgan fingerprint density at radius 2 is 2.24 bits per heavy atom. The zero-order valence-electron chi connectivity index (χ0n) is 13.9. The van der Waals surface area contributed by atoms with E-state index in [1.54, 1.807) is 0 Å². The number of ether oxygens (including phenoxy) is 1. The van der Waals surface area contributed by atoms with E-state index in [0.29, 0.717) is 18.4 Å². The summed E-state index contributed by atoms with van der Waals surface area (Å²) in [7, 11) is 0. The van der Waals surface area contributed by atoms with Crippen molar-refractivity contribution in [3.63, 3.8) is 0 Å². The lowest BCUT2D eigenvalue weighted by Gasteiger charge is -2.36. The third-order valence-corrected chi connectivity index (χ3v) is 5.63. The molecule has 0 aromatic heterocycles. The predicted octanol–water partition coefficient (Wildman–Crippen LogP) is 5.05. The van der Waals surface area contributed by atoms with E-state index in [9.17, 15) is 4.79 Å². The van der Waals surface area contributed by atoms with Crippen LogP contribution in [-0.4, -0.2) is 12.6 Å². The number of esters is 1. The lowest BCUT2D eigenvalue weighted by atomic mass is 9.69. The molecule has 0 N–H and O–H groups in total. The zero-order chi connectivity index (χ0) is 15.5. The van der Waals surface area contributed by atoms with Gasteiger partial charge in [0.15, 0.2) is 0 Å². The summed E-state index contributed by atoms with van der Waals surface area (Å²) in [5, 5.41) is 0. The Morgan fingerprint density at radius 1 is 1.48 bits per heavy atom. The summed E-state index contributed by atoms with van der Waals surface area (Å²) in [5.41, 5.74) is 3.01. The highest BCUT2D eigenvalue weighted by Crippen LogP contribution is 2.60. The lowest BCUT2D eigenvalue weighted by Crippen LogP contribution is -2.26. The van der Waals surface area contributed by atoms with E-state index in [0.717, 1.165) is 30.3 Å². The fourth-order valence-electron chi connectivity index (χ4n) is 4.12. The molecule has 0 saturated heterocycles. The highest BCUT2D eigenvalue weighted by molar-refractivity contribution is 5.69. The van der Waals surface area contributed by atoms with Crippen LogP contribution in [0.15, 0.2) is 23.8 Å². The molecule has 2 nitrogen and oxygen atoms in total. The first kappa shape index (κ1) is 16.3. The van der Waals surface area contributed by atoms with Crippen molar-refractivity contribution in [2.75, 3.05) is 6.61 Å². The Bertz CT molecular complexity index is 435. The topological polar surface area (TPSA) is 26.3 Å². The molecular weight excluding hydrogens is 260 g/mol. The smallest absolute Gasteiger partial charge is 0.306 e. The molecule has 2 heteroatoms. The van der Waals surface area contributed by atoms with Crippen LogP contribution >= 0.6 is 0 Å². The summed E-state index contributed by atoms with van der Waals surface area (Å²) in [6.07, 6.45) is 9.98. The molecule has 0 heterocycles. The second-order valence-electron chi connectivity index (χ2n) is 7.15. The molecule has 2 aliphatic carbocycles. The van der Waals surface area contributed by atoms with Crippen LogP contribution in [0.2, 0.25) is 0 Å². The molecule has 3 atom stereocenters. The standard InChI is InChI=1S/C19H30O2/c1-5-7-18(20)21-13-14(2)8-6-11-19(4)15(3)16-9-10-17(19)12-16/h8,16-17H,3,5-7,9-13H2,1-2,4H3. The maximum atomic E-state index is 11.4. The first-order valence-corrected chi connectivity index (χ1v) is 8.48.